The second kappa shape index (κ2) is 29.0. The zero-order chi connectivity index (χ0) is 45.3. The van der Waals surface area contributed by atoms with E-state index in [0.29, 0.717) is 68.9 Å². The number of ether oxygens (including phenoxy) is 5. The van der Waals surface area contributed by atoms with Crippen LogP contribution in [-0.4, -0.2) is 160 Å². The van der Waals surface area contributed by atoms with Gasteiger partial charge in [-0.1, -0.05) is 38.9 Å². The van der Waals surface area contributed by atoms with Gasteiger partial charge in [-0.05, 0) is 5.53 Å². The van der Waals surface area contributed by atoms with Gasteiger partial charge in [0, 0.05) is 55.1 Å². The molecule has 0 bridgehead atoms. The van der Waals surface area contributed by atoms with Gasteiger partial charge in [-0.15, -0.1) is 0 Å². The molecular weight excluding hydrogens is 927 g/mol. The molecule has 0 radical (unpaired) electrons. The summed E-state index contributed by atoms with van der Waals surface area (Å²) in [5.41, 5.74) is 6.05. The van der Waals surface area contributed by atoms with Crippen molar-refractivity contribution in [2.45, 2.75) is 37.4 Å². The number of phosphoric ester groups is 1. The number of H-pyrrole nitrogens is 1. The number of amides is 2. The summed E-state index contributed by atoms with van der Waals surface area (Å²) in [4.78, 5) is 89.9. The third-order valence-electron chi connectivity index (χ3n) is 7.13. The van der Waals surface area contributed by atoms with E-state index in [9.17, 15) is 52.9 Å². The Morgan fingerprint density at radius 2 is 1.48 bits per heavy atom. The van der Waals surface area contributed by atoms with Crippen LogP contribution in [0.15, 0.2) is 27.0 Å². The third-order valence-corrected chi connectivity index (χ3v) is 13.3. The maximum absolute atomic E-state index is 12.5. The van der Waals surface area contributed by atoms with Crippen molar-refractivity contribution < 1.29 is 89.9 Å². The number of aromatic amines is 1. The van der Waals surface area contributed by atoms with Gasteiger partial charge in [0.2, 0.25) is 11.8 Å². The number of nitrogens with zero attached hydrogens (tertiary/aromatic N) is 4. The number of nitrogens with one attached hydrogen (secondary N) is 3. The number of carbonyl (C=O) groups is 2. The van der Waals surface area contributed by atoms with Gasteiger partial charge in [0.25, 0.3) is 5.56 Å². The summed E-state index contributed by atoms with van der Waals surface area (Å²) in [6, 6.07) is 0. The number of hydrogen-bond donors (Lipinski definition) is 9. The van der Waals surface area contributed by atoms with Gasteiger partial charge in [-0.25, -0.2) is 18.5 Å². The minimum Gasteiger partial charge on any atom is -0.387 e. The molecule has 6 atom stereocenters. The summed E-state index contributed by atoms with van der Waals surface area (Å²) < 4.78 is 73.2. The fourth-order valence-corrected chi connectivity index (χ4v) is 9.40. The quantitative estimate of drug-likeness (QED) is 0.0105. The maximum atomic E-state index is 12.5. The second-order valence-electron chi connectivity index (χ2n) is 11.8. The number of carbonyl (C=O) groups excluding carboxylic acids is 2. The van der Waals surface area contributed by atoms with Crippen LogP contribution in [0.4, 0.5) is 0 Å². The molecule has 0 aliphatic carbocycles. The van der Waals surface area contributed by atoms with Crippen LogP contribution in [-0.2, 0) is 60.1 Å². The maximum Gasteiger partial charge on any atom is 0.490 e. The number of aliphatic hydroxyl groups excluding tert-OH is 2. The number of rotatable bonds is 33. The Bertz CT molecular complexity index is 1870. The Morgan fingerprint density at radius 3 is 2.11 bits per heavy atom. The Morgan fingerprint density at radius 1 is 0.869 bits per heavy atom. The molecule has 1 aromatic rings. The predicted octanol–water partition coefficient (Wildman–Crippen LogP) is -0.717. The second-order valence-corrected chi connectivity index (χ2v) is 18.9. The van der Waals surface area contributed by atoms with Crippen LogP contribution in [0.25, 0.3) is 16.5 Å². The summed E-state index contributed by atoms with van der Waals surface area (Å²) in [5.74, 6) is 0.595. The Balaban J connectivity index is 1.60. The van der Waals surface area contributed by atoms with Crippen molar-refractivity contribution in [2.75, 3.05) is 90.6 Å². The number of aromatic nitrogens is 2. The Labute approximate surface area is 354 Å². The number of phosphoric acid groups is 3. The van der Waals surface area contributed by atoms with Crippen LogP contribution in [0.1, 0.15) is 24.6 Å². The zero-order valence-electron chi connectivity index (χ0n) is 32.1. The molecule has 2 amide bonds. The van der Waals surface area contributed by atoms with E-state index in [1.165, 1.54) is 33.7 Å². The van der Waals surface area contributed by atoms with Gasteiger partial charge in [-0.2, -0.15) is 8.62 Å². The average Bonchev–Trinajstić information content (AvgIpc) is 3.44. The highest BCUT2D eigenvalue weighted by Crippen LogP contribution is 2.66. The summed E-state index contributed by atoms with van der Waals surface area (Å²) >= 11 is 0. The molecule has 9 N–H and O–H groups in total. The fraction of sp³-hybridized carbons (Fsp3) is 0.714. The first-order valence-corrected chi connectivity index (χ1v) is 24.8. The first kappa shape index (κ1) is 54.6. The van der Waals surface area contributed by atoms with Gasteiger partial charge in [0.05, 0.1) is 65.0 Å². The lowest BCUT2D eigenvalue weighted by atomic mass is 10.1. The molecule has 0 aromatic carbocycles. The fourth-order valence-electron chi connectivity index (χ4n) is 4.47. The van der Waals surface area contributed by atoms with E-state index in [1.54, 1.807) is 0 Å². The van der Waals surface area contributed by atoms with Crippen molar-refractivity contribution in [3.05, 3.63) is 49.1 Å². The molecule has 0 saturated carbocycles. The van der Waals surface area contributed by atoms with Crippen LogP contribution in [0.3, 0.4) is 0 Å². The van der Waals surface area contributed by atoms with Crippen LogP contribution in [0, 0.1) is 0 Å². The molecule has 28 nitrogen and oxygen atoms in total. The van der Waals surface area contributed by atoms with Crippen molar-refractivity contribution >= 4 is 62.9 Å². The van der Waals surface area contributed by atoms with Gasteiger partial charge < -0.3 is 64.1 Å². The molecule has 0 spiro atoms. The lowest BCUT2D eigenvalue weighted by Gasteiger charge is -2.19. The molecule has 33 heteroatoms. The first-order valence-electron chi connectivity index (χ1n) is 17.8. The SMILES string of the molecule is [N-]=[N+]=NCCOCCOCCOCCOCCC(=O)NCCSSCCC(=O)NC/C=C/c1cn([C@@H]2O[C@H](COP(=O)(O)OP(=O)(O)OP(=O)(O)O)[C@H](O)C2O)c(=O)[nH]c1=O. The van der Waals surface area contributed by atoms with Crippen molar-refractivity contribution in [2.24, 2.45) is 5.11 Å². The smallest absolute Gasteiger partial charge is 0.387 e. The molecule has 61 heavy (non-hydrogen) atoms. The van der Waals surface area contributed by atoms with E-state index in [2.05, 4.69) is 33.8 Å². The van der Waals surface area contributed by atoms with Gasteiger partial charge in [0.1, 0.15) is 18.3 Å². The molecule has 1 aromatic heterocycles. The summed E-state index contributed by atoms with van der Waals surface area (Å²) in [6.07, 6.45) is -3.24. The normalized spacial score (nSPS) is 19.9. The monoisotopic (exact) mass is 975 g/mol. The lowest BCUT2D eigenvalue weighted by molar-refractivity contribution is -0.122. The molecule has 3 unspecified atom stereocenters. The summed E-state index contributed by atoms with van der Waals surface area (Å²) in [6.45, 7) is 2.34. The average molecular weight is 976 g/mol. The molecule has 1 aliphatic heterocycles. The van der Waals surface area contributed by atoms with E-state index in [1.807, 2.05) is 4.98 Å². The van der Waals surface area contributed by atoms with Crippen LogP contribution >= 0.6 is 45.1 Å². The molecule has 348 valence electrons. The van der Waals surface area contributed by atoms with Crippen LogP contribution in [0.5, 0.6) is 0 Å². The molecular formula is C28H48N7O21P3S2. The minimum atomic E-state index is -5.83. The van der Waals surface area contributed by atoms with Crippen molar-refractivity contribution in [1.82, 2.24) is 20.2 Å². The predicted molar refractivity (Wildman–Crippen MR) is 214 cm³/mol. The van der Waals surface area contributed by atoms with Crippen LogP contribution in [0.2, 0.25) is 0 Å². The van der Waals surface area contributed by atoms with E-state index in [-0.39, 0.29) is 49.9 Å². The van der Waals surface area contributed by atoms with E-state index >= 15 is 0 Å². The lowest BCUT2D eigenvalue weighted by Crippen LogP contribution is -2.38. The summed E-state index contributed by atoms with van der Waals surface area (Å²) in [7, 11) is -14.2. The van der Waals surface area contributed by atoms with Crippen molar-refractivity contribution in [1.29, 1.82) is 0 Å². The van der Waals surface area contributed by atoms with Crippen LogP contribution < -0.4 is 21.9 Å². The molecule has 2 rings (SSSR count). The van der Waals surface area contributed by atoms with E-state index < -0.39 is 65.9 Å². The van der Waals surface area contributed by atoms with Crippen molar-refractivity contribution in [3.8, 4) is 0 Å². The van der Waals surface area contributed by atoms with E-state index in [4.69, 9.17) is 39.0 Å². The van der Waals surface area contributed by atoms with Gasteiger partial charge in [-0.3, -0.25) is 28.5 Å². The highest BCUT2D eigenvalue weighted by atomic mass is 33.1. The number of azide groups is 1. The third kappa shape index (κ3) is 24.2. The highest BCUT2D eigenvalue weighted by molar-refractivity contribution is 8.76. The zero-order valence-corrected chi connectivity index (χ0v) is 36.4. The topological polar surface area (TPSA) is 408 Å². The summed E-state index contributed by atoms with van der Waals surface area (Å²) in [5, 5.41) is 29.6. The highest BCUT2D eigenvalue weighted by Gasteiger charge is 2.47. The largest absolute Gasteiger partial charge is 0.490 e. The van der Waals surface area contributed by atoms with Gasteiger partial charge in [0.15, 0.2) is 6.23 Å². The van der Waals surface area contributed by atoms with E-state index in [0.717, 1.165) is 6.20 Å². The van der Waals surface area contributed by atoms with Crippen molar-refractivity contribution in [3.63, 3.8) is 0 Å². The number of aliphatic hydroxyl groups is 2. The first-order chi connectivity index (χ1) is 28.8. The van der Waals surface area contributed by atoms with Gasteiger partial charge >= 0.3 is 29.2 Å². The molecule has 1 fully saturated rings. The molecule has 2 heterocycles. The molecule has 1 aliphatic rings. The molecule has 1 saturated heterocycles. The standard InChI is InChI=1S/C28H48N7O21P3S2/c29-34-32-6-9-50-11-13-52-15-14-51-12-10-49-8-3-22(36)31-7-17-61-60-16-4-23(37)30-5-1-2-20-18-35(28(41)33-26(20)40)27-25(39)24(38)21(54-27)19-53-58(45,46)56-59(47,48)55-57(42,43)44/h1-2,18,21,24-25,27,38-39H,3-17,19H2,(H,30,37)(H,31,36)(H,45,46)(H,47,48)(H,33,40,41)(H2,42,43,44)/b2-1+/t21-,24+,25?,27-/m1/s1. The number of hydrogen-bond acceptors (Lipinski definition) is 20. The minimum absolute atomic E-state index is 0.0169. The Hall–Kier alpha value is -2.50. The Kier molecular flexibility index (Phi) is 26.0.